The van der Waals surface area contributed by atoms with Gasteiger partial charge in [0.05, 0.1) is 0 Å². The second-order valence-corrected chi connectivity index (χ2v) is 9.03. The van der Waals surface area contributed by atoms with Gasteiger partial charge in [0.1, 0.15) is 11.9 Å². The van der Waals surface area contributed by atoms with Crippen LogP contribution in [0.15, 0.2) is 29.0 Å². The van der Waals surface area contributed by atoms with E-state index in [0.717, 1.165) is 44.0 Å². The summed E-state index contributed by atoms with van der Waals surface area (Å²) in [7, 11) is 0. The molecule has 3 aliphatic rings. The first-order valence-corrected chi connectivity index (χ1v) is 11.4. The summed E-state index contributed by atoms with van der Waals surface area (Å²) in [4.78, 5) is 42.8. The molecular formula is C22H23FN4O3S. The quantitative estimate of drug-likeness (QED) is 0.733. The molecule has 5 rings (SSSR count). The Labute approximate surface area is 183 Å². The fraction of sp³-hybridized carbons (Fsp3) is 0.409. The lowest BCUT2D eigenvalue weighted by Crippen LogP contribution is -2.52. The van der Waals surface area contributed by atoms with Crippen molar-refractivity contribution in [2.45, 2.75) is 32.0 Å². The number of imide groups is 1. The monoisotopic (exact) mass is 442 g/mol. The Hall–Kier alpha value is -2.78. The van der Waals surface area contributed by atoms with Crippen LogP contribution in [0.2, 0.25) is 0 Å². The van der Waals surface area contributed by atoms with E-state index in [0.29, 0.717) is 12.0 Å². The van der Waals surface area contributed by atoms with Gasteiger partial charge >= 0.3 is 0 Å². The molecule has 1 atom stereocenters. The molecule has 1 aromatic carbocycles. The molecule has 31 heavy (non-hydrogen) atoms. The molecule has 162 valence electrons. The first-order chi connectivity index (χ1) is 15.0. The van der Waals surface area contributed by atoms with Gasteiger partial charge in [-0.25, -0.2) is 4.39 Å². The van der Waals surface area contributed by atoms with Crippen LogP contribution in [0.1, 0.15) is 34.3 Å². The number of anilines is 1. The van der Waals surface area contributed by atoms with Gasteiger partial charge in [-0.1, -0.05) is 0 Å². The molecule has 3 aliphatic heterocycles. The van der Waals surface area contributed by atoms with E-state index in [-0.39, 0.29) is 24.8 Å². The van der Waals surface area contributed by atoms with Gasteiger partial charge in [-0.3, -0.25) is 24.6 Å². The lowest BCUT2D eigenvalue weighted by molar-refractivity contribution is -0.136. The van der Waals surface area contributed by atoms with E-state index in [1.54, 1.807) is 11.3 Å². The minimum absolute atomic E-state index is 0.198. The maximum absolute atomic E-state index is 14.4. The zero-order valence-corrected chi connectivity index (χ0v) is 17.8. The largest absolute Gasteiger partial charge is 0.369 e. The summed E-state index contributed by atoms with van der Waals surface area (Å²) >= 11 is 1.69. The van der Waals surface area contributed by atoms with Crippen molar-refractivity contribution in [1.29, 1.82) is 0 Å². The van der Waals surface area contributed by atoms with Crippen LogP contribution in [-0.4, -0.2) is 59.7 Å². The molecule has 0 saturated carbocycles. The summed E-state index contributed by atoms with van der Waals surface area (Å²) in [6.45, 7) is 4.35. The van der Waals surface area contributed by atoms with Crippen LogP contribution in [0.5, 0.6) is 0 Å². The summed E-state index contributed by atoms with van der Waals surface area (Å²) in [5, 5.41) is 6.53. The first kappa shape index (κ1) is 20.1. The average molecular weight is 443 g/mol. The Morgan fingerprint density at radius 2 is 1.94 bits per heavy atom. The average Bonchev–Trinajstić information content (AvgIpc) is 3.37. The van der Waals surface area contributed by atoms with Crippen molar-refractivity contribution in [3.8, 4) is 0 Å². The molecule has 2 saturated heterocycles. The number of piperazine rings is 1. The molecule has 2 aromatic rings. The summed E-state index contributed by atoms with van der Waals surface area (Å²) in [6.07, 6.45) is 0.493. The molecule has 7 nitrogen and oxygen atoms in total. The van der Waals surface area contributed by atoms with E-state index in [1.165, 1.54) is 22.6 Å². The second kappa shape index (κ2) is 8.05. The van der Waals surface area contributed by atoms with Crippen LogP contribution in [-0.2, 0) is 22.7 Å². The summed E-state index contributed by atoms with van der Waals surface area (Å²) in [6, 6.07) is 4.19. The predicted octanol–water partition coefficient (Wildman–Crippen LogP) is 1.97. The van der Waals surface area contributed by atoms with Crippen LogP contribution in [0, 0.1) is 5.82 Å². The number of amides is 3. The number of thiophene rings is 1. The molecular weight excluding hydrogens is 419 g/mol. The number of carbonyl (C=O) groups is 3. The van der Waals surface area contributed by atoms with Crippen molar-refractivity contribution in [3.63, 3.8) is 0 Å². The Bertz CT molecular complexity index is 1030. The van der Waals surface area contributed by atoms with E-state index < -0.39 is 17.8 Å². The summed E-state index contributed by atoms with van der Waals surface area (Å²) < 4.78 is 14.4. The van der Waals surface area contributed by atoms with Crippen LogP contribution >= 0.6 is 11.3 Å². The van der Waals surface area contributed by atoms with E-state index >= 15 is 0 Å². The van der Waals surface area contributed by atoms with Gasteiger partial charge < -0.3 is 9.80 Å². The minimum Gasteiger partial charge on any atom is -0.369 e. The number of hydrogen-bond donors (Lipinski definition) is 1. The molecule has 1 N–H and O–H groups in total. The molecule has 0 aliphatic carbocycles. The topological polar surface area (TPSA) is 73.0 Å². The summed E-state index contributed by atoms with van der Waals surface area (Å²) in [5.74, 6) is -1.58. The Kier molecular flexibility index (Phi) is 5.23. The van der Waals surface area contributed by atoms with Gasteiger partial charge in [-0.2, -0.15) is 11.3 Å². The number of rotatable bonds is 4. The van der Waals surface area contributed by atoms with Crippen molar-refractivity contribution in [2.75, 3.05) is 31.1 Å². The van der Waals surface area contributed by atoms with Gasteiger partial charge in [0.2, 0.25) is 11.8 Å². The normalized spacial score (nSPS) is 22.1. The molecule has 1 aromatic heterocycles. The molecule has 1 unspecified atom stereocenters. The van der Waals surface area contributed by atoms with Crippen molar-refractivity contribution < 1.29 is 18.8 Å². The van der Waals surface area contributed by atoms with Crippen LogP contribution in [0.3, 0.4) is 0 Å². The number of piperidine rings is 1. The number of carbonyl (C=O) groups excluding carboxylic acids is 3. The fourth-order valence-electron chi connectivity index (χ4n) is 4.68. The number of benzene rings is 1. The third-order valence-electron chi connectivity index (χ3n) is 6.30. The molecule has 0 spiro atoms. The zero-order valence-electron chi connectivity index (χ0n) is 17.0. The molecule has 0 bridgehead atoms. The van der Waals surface area contributed by atoms with E-state index in [4.69, 9.17) is 0 Å². The number of nitrogens with one attached hydrogen (secondary N) is 1. The maximum Gasteiger partial charge on any atom is 0.255 e. The first-order valence-electron chi connectivity index (χ1n) is 10.4. The number of halogens is 1. The highest BCUT2D eigenvalue weighted by atomic mass is 32.1. The predicted molar refractivity (Wildman–Crippen MR) is 114 cm³/mol. The van der Waals surface area contributed by atoms with Crippen molar-refractivity contribution >= 4 is 34.7 Å². The smallest absolute Gasteiger partial charge is 0.255 e. The van der Waals surface area contributed by atoms with E-state index in [1.807, 2.05) is 0 Å². The Balaban J connectivity index is 1.34. The van der Waals surface area contributed by atoms with Crippen molar-refractivity contribution in [1.82, 2.24) is 15.1 Å². The lowest BCUT2D eigenvalue weighted by atomic mass is 10.0. The lowest BCUT2D eigenvalue weighted by Gasteiger charge is -2.37. The fourth-order valence-corrected chi connectivity index (χ4v) is 5.34. The molecule has 0 radical (unpaired) electrons. The van der Waals surface area contributed by atoms with Gasteiger partial charge in [0.15, 0.2) is 0 Å². The zero-order chi connectivity index (χ0) is 21.5. The highest BCUT2D eigenvalue weighted by Crippen LogP contribution is 2.35. The summed E-state index contributed by atoms with van der Waals surface area (Å²) in [5.41, 5.74) is 3.12. The van der Waals surface area contributed by atoms with E-state index in [9.17, 15) is 18.8 Å². The molecule has 3 amide bonds. The highest BCUT2D eigenvalue weighted by Gasteiger charge is 2.41. The number of nitrogens with zero attached hydrogens (tertiary/aromatic N) is 3. The van der Waals surface area contributed by atoms with E-state index in [2.05, 4.69) is 31.9 Å². The third kappa shape index (κ3) is 3.83. The molecule has 9 heteroatoms. The second-order valence-electron chi connectivity index (χ2n) is 8.25. The van der Waals surface area contributed by atoms with Crippen LogP contribution in [0.4, 0.5) is 10.1 Å². The van der Waals surface area contributed by atoms with Gasteiger partial charge in [0.25, 0.3) is 5.91 Å². The van der Waals surface area contributed by atoms with Crippen molar-refractivity contribution in [2.24, 2.45) is 0 Å². The maximum atomic E-state index is 14.4. The van der Waals surface area contributed by atoms with Gasteiger partial charge in [0, 0.05) is 62.5 Å². The minimum atomic E-state index is -0.698. The highest BCUT2D eigenvalue weighted by molar-refractivity contribution is 7.07. The number of fused-ring (bicyclic) bond motifs is 1. The van der Waals surface area contributed by atoms with Gasteiger partial charge in [-0.05, 0) is 40.9 Å². The standard InChI is InChI=1S/C22H23FN4O3S/c23-15-9-16-17(12-27(22(16)30)18-1-2-20(28)24-21(18)29)19(10-15)26-6-4-25(5-7-26)11-14-3-8-31-13-14/h3,8-10,13,18H,1-2,4-7,11-12H2,(H,24,28,29). The van der Waals surface area contributed by atoms with Crippen LogP contribution < -0.4 is 10.2 Å². The van der Waals surface area contributed by atoms with Crippen LogP contribution in [0.25, 0.3) is 0 Å². The number of hydrogen-bond acceptors (Lipinski definition) is 6. The Morgan fingerprint density at radius 3 is 2.65 bits per heavy atom. The van der Waals surface area contributed by atoms with Crippen molar-refractivity contribution in [3.05, 3.63) is 51.5 Å². The SMILES string of the molecule is O=C1CCC(N2Cc3c(cc(F)cc3N3CCN(Cc4ccsc4)CC3)C2=O)C(=O)N1. The van der Waals surface area contributed by atoms with Gasteiger partial charge in [-0.15, -0.1) is 0 Å². The molecule has 4 heterocycles. The Morgan fingerprint density at radius 1 is 1.13 bits per heavy atom. The third-order valence-corrected chi connectivity index (χ3v) is 7.03. The molecule has 2 fully saturated rings.